The van der Waals surface area contributed by atoms with Gasteiger partial charge in [-0.25, -0.2) is 0 Å². The molecule has 0 aliphatic heterocycles. The van der Waals surface area contributed by atoms with Crippen LogP contribution in [0.2, 0.25) is 0 Å². The van der Waals surface area contributed by atoms with Gasteiger partial charge in [0.05, 0.1) is 0 Å². The molecule has 0 saturated heterocycles. The van der Waals surface area contributed by atoms with Crippen molar-refractivity contribution in [2.75, 3.05) is 0 Å². The standard InChI is InChI=1S/C10H20/c1-5-7-9-10(3,4)8-6-2/h7,9H,5-6,8H2,1-4H3/b9-7+. The lowest BCUT2D eigenvalue weighted by Crippen LogP contribution is -2.05. The fourth-order valence-electron chi connectivity index (χ4n) is 1.16. The highest BCUT2D eigenvalue weighted by molar-refractivity contribution is 4.93. The van der Waals surface area contributed by atoms with Gasteiger partial charge in [-0.15, -0.1) is 0 Å². The monoisotopic (exact) mass is 140 g/mol. The third-order valence-corrected chi connectivity index (χ3v) is 1.70. The Hall–Kier alpha value is -0.260. The van der Waals surface area contributed by atoms with Crippen LogP contribution < -0.4 is 0 Å². The van der Waals surface area contributed by atoms with Gasteiger partial charge in [-0.05, 0) is 18.3 Å². The normalized spacial score (nSPS) is 12.8. The Labute approximate surface area is 65.3 Å². The first kappa shape index (κ1) is 9.74. The summed E-state index contributed by atoms with van der Waals surface area (Å²) in [6, 6.07) is 0. The molecule has 0 heterocycles. The van der Waals surface area contributed by atoms with Crippen LogP contribution in [-0.4, -0.2) is 0 Å². The zero-order valence-corrected chi connectivity index (χ0v) is 7.78. The third-order valence-electron chi connectivity index (χ3n) is 1.70. The van der Waals surface area contributed by atoms with Gasteiger partial charge >= 0.3 is 0 Å². The molecule has 0 amide bonds. The van der Waals surface area contributed by atoms with Crippen LogP contribution in [0.4, 0.5) is 0 Å². The van der Waals surface area contributed by atoms with Crippen molar-refractivity contribution in [3.05, 3.63) is 12.2 Å². The first-order valence-electron chi connectivity index (χ1n) is 4.30. The minimum atomic E-state index is 0.421. The molecule has 10 heavy (non-hydrogen) atoms. The zero-order valence-electron chi connectivity index (χ0n) is 7.78. The second kappa shape index (κ2) is 4.54. The number of rotatable bonds is 4. The molecule has 0 spiro atoms. The predicted molar refractivity (Wildman–Crippen MR) is 48.1 cm³/mol. The summed E-state index contributed by atoms with van der Waals surface area (Å²) in [6.45, 7) is 9.01. The lowest BCUT2D eigenvalue weighted by molar-refractivity contribution is 0.431. The lowest BCUT2D eigenvalue weighted by Gasteiger charge is -2.18. The molecule has 0 aliphatic carbocycles. The average molecular weight is 140 g/mol. The quantitative estimate of drug-likeness (QED) is 0.521. The number of allylic oxidation sites excluding steroid dienone is 2. The van der Waals surface area contributed by atoms with Gasteiger partial charge in [0.15, 0.2) is 0 Å². The number of hydrogen-bond donors (Lipinski definition) is 0. The van der Waals surface area contributed by atoms with Crippen LogP contribution in [0.5, 0.6) is 0 Å². The molecular weight excluding hydrogens is 120 g/mol. The topological polar surface area (TPSA) is 0 Å². The summed E-state index contributed by atoms with van der Waals surface area (Å²) >= 11 is 0. The highest BCUT2D eigenvalue weighted by atomic mass is 14.2. The van der Waals surface area contributed by atoms with E-state index in [-0.39, 0.29) is 0 Å². The third kappa shape index (κ3) is 4.60. The molecule has 0 atom stereocenters. The van der Waals surface area contributed by atoms with E-state index in [1.54, 1.807) is 0 Å². The van der Waals surface area contributed by atoms with E-state index >= 15 is 0 Å². The van der Waals surface area contributed by atoms with Gasteiger partial charge in [-0.1, -0.05) is 46.3 Å². The number of hydrogen-bond acceptors (Lipinski definition) is 0. The van der Waals surface area contributed by atoms with Crippen LogP contribution in [0, 0.1) is 5.41 Å². The molecule has 0 aromatic carbocycles. The molecule has 0 aromatic rings. The largest absolute Gasteiger partial charge is 0.0883 e. The molecule has 0 bridgehead atoms. The summed E-state index contributed by atoms with van der Waals surface area (Å²) in [6.07, 6.45) is 8.32. The predicted octanol–water partition coefficient (Wildman–Crippen LogP) is 3.78. The van der Waals surface area contributed by atoms with Crippen LogP contribution in [0.1, 0.15) is 47.0 Å². The minimum absolute atomic E-state index is 0.421. The average Bonchev–Trinajstić information content (AvgIpc) is 1.84. The molecule has 0 nitrogen and oxygen atoms in total. The summed E-state index contributed by atoms with van der Waals surface area (Å²) in [5, 5.41) is 0. The summed E-state index contributed by atoms with van der Waals surface area (Å²) < 4.78 is 0. The molecule has 0 unspecified atom stereocenters. The summed E-state index contributed by atoms with van der Waals surface area (Å²) in [4.78, 5) is 0. The Morgan fingerprint density at radius 3 is 2.20 bits per heavy atom. The maximum absolute atomic E-state index is 2.33. The zero-order chi connectivity index (χ0) is 8.04. The Balaban J connectivity index is 3.73. The van der Waals surface area contributed by atoms with Gasteiger partial charge in [0.1, 0.15) is 0 Å². The molecule has 0 rings (SSSR count). The van der Waals surface area contributed by atoms with E-state index in [1.807, 2.05) is 0 Å². The lowest BCUT2D eigenvalue weighted by atomic mass is 9.87. The molecular formula is C10H20. The van der Waals surface area contributed by atoms with E-state index in [1.165, 1.54) is 12.8 Å². The van der Waals surface area contributed by atoms with Gasteiger partial charge < -0.3 is 0 Å². The Kier molecular flexibility index (Phi) is 4.42. The van der Waals surface area contributed by atoms with Crippen LogP contribution in [0.25, 0.3) is 0 Å². The molecule has 0 aliphatic rings. The second-order valence-corrected chi connectivity index (χ2v) is 3.55. The van der Waals surface area contributed by atoms with E-state index in [0.717, 1.165) is 6.42 Å². The van der Waals surface area contributed by atoms with Gasteiger partial charge in [0.2, 0.25) is 0 Å². The van der Waals surface area contributed by atoms with E-state index < -0.39 is 0 Å². The van der Waals surface area contributed by atoms with Crippen molar-refractivity contribution < 1.29 is 0 Å². The molecule has 60 valence electrons. The fourth-order valence-corrected chi connectivity index (χ4v) is 1.16. The van der Waals surface area contributed by atoms with Crippen molar-refractivity contribution in [1.29, 1.82) is 0 Å². The maximum atomic E-state index is 2.33. The van der Waals surface area contributed by atoms with Crippen molar-refractivity contribution in [2.24, 2.45) is 5.41 Å². The molecule has 0 radical (unpaired) electrons. The van der Waals surface area contributed by atoms with Gasteiger partial charge in [0.25, 0.3) is 0 Å². The van der Waals surface area contributed by atoms with Gasteiger partial charge in [0, 0.05) is 0 Å². The molecule has 0 heteroatoms. The van der Waals surface area contributed by atoms with Crippen molar-refractivity contribution in [3.63, 3.8) is 0 Å². The minimum Gasteiger partial charge on any atom is -0.0883 e. The van der Waals surface area contributed by atoms with E-state index in [0.29, 0.717) is 5.41 Å². The molecule has 0 saturated carbocycles. The smallest absolute Gasteiger partial charge is 0.0175 e. The van der Waals surface area contributed by atoms with E-state index in [2.05, 4.69) is 39.8 Å². The van der Waals surface area contributed by atoms with Crippen LogP contribution in [0.3, 0.4) is 0 Å². The molecule has 0 aromatic heterocycles. The summed E-state index contributed by atoms with van der Waals surface area (Å²) in [7, 11) is 0. The Bertz CT molecular complexity index is 98.6. The van der Waals surface area contributed by atoms with Gasteiger partial charge in [-0.2, -0.15) is 0 Å². The van der Waals surface area contributed by atoms with Crippen molar-refractivity contribution >= 4 is 0 Å². The van der Waals surface area contributed by atoms with Crippen LogP contribution in [0.15, 0.2) is 12.2 Å². The van der Waals surface area contributed by atoms with Crippen molar-refractivity contribution in [1.82, 2.24) is 0 Å². The van der Waals surface area contributed by atoms with E-state index in [9.17, 15) is 0 Å². The highest BCUT2D eigenvalue weighted by Gasteiger charge is 2.10. The van der Waals surface area contributed by atoms with Crippen LogP contribution in [-0.2, 0) is 0 Å². The van der Waals surface area contributed by atoms with Crippen LogP contribution >= 0.6 is 0 Å². The van der Waals surface area contributed by atoms with Gasteiger partial charge in [-0.3, -0.25) is 0 Å². The highest BCUT2D eigenvalue weighted by Crippen LogP contribution is 2.23. The summed E-state index contributed by atoms with van der Waals surface area (Å²) in [5.74, 6) is 0. The second-order valence-electron chi connectivity index (χ2n) is 3.55. The fraction of sp³-hybridized carbons (Fsp3) is 0.800. The van der Waals surface area contributed by atoms with Crippen molar-refractivity contribution in [2.45, 2.75) is 47.0 Å². The maximum Gasteiger partial charge on any atom is -0.0175 e. The summed E-state index contributed by atoms with van der Waals surface area (Å²) in [5.41, 5.74) is 0.421. The van der Waals surface area contributed by atoms with E-state index in [4.69, 9.17) is 0 Å². The van der Waals surface area contributed by atoms with Crippen molar-refractivity contribution in [3.8, 4) is 0 Å². The first-order chi connectivity index (χ1) is 4.62. The first-order valence-corrected chi connectivity index (χ1v) is 4.30. The molecule has 0 fully saturated rings. The Morgan fingerprint density at radius 1 is 1.20 bits per heavy atom. The Morgan fingerprint density at radius 2 is 1.80 bits per heavy atom. The SMILES string of the molecule is CC/C=C/C(C)(C)CCC. The molecule has 0 N–H and O–H groups in total.